The molecule has 3 N–H and O–H groups in total. The first-order chi connectivity index (χ1) is 4.81. The highest BCUT2D eigenvalue weighted by atomic mass is 16.1. The van der Waals surface area contributed by atoms with Crippen molar-refractivity contribution in [2.45, 2.75) is 12.8 Å². The zero-order chi connectivity index (χ0) is 7.82. The number of hydrogen-bond acceptors (Lipinski definition) is 3. The van der Waals surface area contributed by atoms with Gasteiger partial charge in [0.05, 0.1) is 6.54 Å². The second-order valence-corrected chi connectivity index (χ2v) is 1.86. The predicted octanol–water partition coefficient (Wildman–Crippen LogP) is -0.960. The van der Waals surface area contributed by atoms with E-state index in [0.29, 0.717) is 19.4 Å². The molecule has 0 atom stereocenters. The molecule has 4 heteroatoms. The van der Waals surface area contributed by atoms with Crippen molar-refractivity contribution < 1.29 is 9.59 Å². The second kappa shape index (κ2) is 6.22. The molecule has 0 saturated carbocycles. The number of carbonyl (C=O) groups is 2. The van der Waals surface area contributed by atoms with Crippen LogP contribution in [0.5, 0.6) is 0 Å². The minimum Gasteiger partial charge on any atom is -0.355 e. The number of nitrogens with one attached hydrogen (secondary N) is 1. The molecule has 0 aromatic carbocycles. The van der Waals surface area contributed by atoms with E-state index in [0.717, 1.165) is 6.29 Å². The van der Waals surface area contributed by atoms with Crippen molar-refractivity contribution in [1.82, 2.24) is 5.32 Å². The lowest BCUT2D eigenvalue weighted by Crippen LogP contribution is -2.30. The molecule has 0 unspecified atom stereocenters. The molecule has 0 bridgehead atoms. The minimum absolute atomic E-state index is 0.0150. The first-order valence-electron chi connectivity index (χ1n) is 3.21. The zero-order valence-electron chi connectivity index (χ0n) is 5.80. The Balaban J connectivity index is 3.03. The number of rotatable bonds is 5. The van der Waals surface area contributed by atoms with Crippen LogP contribution in [0.4, 0.5) is 0 Å². The van der Waals surface area contributed by atoms with Gasteiger partial charge < -0.3 is 15.8 Å². The molecule has 0 rings (SSSR count). The molecule has 0 radical (unpaired) electrons. The summed E-state index contributed by atoms with van der Waals surface area (Å²) in [7, 11) is 0. The number of hydrogen-bond donors (Lipinski definition) is 2. The molecule has 58 valence electrons. The van der Waals surface area contributed by atoms with Gasteiger partial charge in [-0.2, -0.15) is 0 Å². The summed E-state index contributed by atoms with van der Waals surface area (Å²) in [5, 5.41) is 2.54. The smallest absolute Gasteiger partial charge is 0.233 e. The highest BCUT2D eigenvalue weighted by Gasteiger charge is 1.93. The lowest BCUT2D eigenvalue weighted by Gasteiger charge is -1.99. The molecule has 1 amide bonds. The van der Waals surface area contributed by atoms with Gasteiger partial charge in [0, 0.05) is 13.0 Å². The Bertz CT molecular complexity index is 114. The summed E-state index contributed by atoms with van der Waals surface area (Å²) < 4.78 is 0. The van der Waals surface area contributed by atoms with Crippen molar-refractivity contribution in [2.24, 2.45) is 5.73 Å². The third-order valence-electron chi connectivity index (χ3n) is 1.01. The van der Waals surface area contributed by atoms with E-state index in [1.807, 2.05) is 0 Å². The van der Waals surface area contributed by atoms with Crippen molar-refractivity contribution in [3.05, 3.63) is 0 Å². The average molecular weight is 144 g/mol. The molecule has 0 aromatic rings. The van der Waals surface area contributed by atoms with Crippen molar-refractivity contribution in [3.8, 4) is 0 Å². The van der Waals surface area contributed by atoms with Gasteiger partial charge >= 0.3 is 0 Å². The maximum atomic E-state index is 10.5. The Labute approximate surface area is 59.8 Å². The van der Waals surface area contributed by atoms with Crippen molar-refractivity contribution in [3.63, 3.8) is 0 Å². The van der Waals surface area contributed by atoms with Crippen LogP contribution < -0.4 is 11.1 Å². The van der Waals surface area contributed by atoms with Gasteiger partial charge in [0.2, 0.25) is 5.91 Å². The number of unbranched alkanes of at least 4 members (excludes halogenated alkanes) is 1. The number of amides is 1. The van der Waals surface area contributed by atoms with Gasteiger partial charge in [0.1, 0.15) is 6.29 Å². The molecule has 0 aliphatic carbocycles. The Kier molecular flexibility index (Phi) is 5.66. The molecule has 0 heterocycles. The Morgan fingerprint density at radius 2 is 2.30 bits per heavy atom. The van der Waals surface area contributed by atoms with E-state index >= 15 is 0 Å². The van der Waals surface area contributed by atoms with Crippen LogP contribution in [0.1, 0.15) is 12.8 Å². The fourth-order valence-electron chi connectivity index (χ4n) is 0.485. The first-order valence-corrected chi connectivity index (χ1v) is 3.21. The van der Waals surface area contributed by atoms with E-state index in [1.165, 1.54) is 0 Å². The monoisotopic (exact) mass is 144 g/mol. The molecule has 0 fully saturated rings. The van der Waals surface area contributed by atoms with Crippen LogP contribution in [-0.4, -0.2) is 25.3 Å². The highest BCUT2D eigenvalue weighted by molar-refractivity contribution is 5.77. The van der Waals surface area contributed by atoms with Gasteiger partial charge in [-0.25, -0.2) is 0 Å². The number of aldehydes is 1. The van der Waals surface area contributed by atoms with Gasteiger partial charge in [-0.1, -0.05) is 0 Å². The quantitative estimate of drug-likeness (QED) is 0.385. The summed E-state index contributed by atoms with van der Waals surface area (Å²) in [6.07, 6.45) is 2.01. The van der Waals surface area contributed by atoms with Crippen molar-refractivity contribution in [1.29, 1.82) is 0 Å². The summed E-state index contributed by atoms with van der Waals surface area (Å²) in [5.41, 5.74) is 5.01. The van der Waals surface area contributed by atoms with E-state index in [2.05, 4.69) is 5.32 Å². The van der Waals surface area contributed by atoms with E-state index in [4.69, 9.17) is 5.73 Å². The third kappa shape index (κ3) is 5.24. The van der Waals surface area contributed by atoms with Gasteiger partial charge in [-0.05, 0) is 6.42 Å². The second-order valence-electron chi connectivity index (χ2n) is 1.86. The van der Waals surface area contributed by atoms with E-state index in [1.54, 1.807) is 0 Å². The van der Waals surface area contributed by atoms with E-state index in [-0.39, 0.29) is 12.5 Å². The van der Waals surface area contributed by atoms with Gasteiger partial charge in [-0.3, -0.25) is 4.79 Å². The molecule has 0 saturated heterocycles. The standard InChI is InChI=1S/C6H12N2O2/c7-5-6(10)8-3-1-2-4-9/h4H,1-3,5,7H2,(H,8,10). The maximum absolute atomic E-state index is 10.5. The van der Waals surface area contributed by atoms with Crippen molar-refractivity contribution >= 4 is 12.2 Å². The molecular weight excluding hydrogens is 132 g/mol. The number of nitrogens with two attached hydrogens (primary N) is 1. The van der Waals surface area contributed by atoms with Crippen LogP contribution in [0.15, 0.2) is 0 Å². The van der Waals surface area contributed by atoms with Gasteiger partial charge in [0.25, 0.3) is 0 Å². The van der Waals surface area contributed by atoms with Gasteiger partial charge in [0.15, 0.2) is 0 Å². The Morgan fingerprint density at radius 1 is 1.60 bits per heavy atom. The van der Waals surface area contributed by atoms with Crippen LogP contribution >= 0.6 is 0 Å². The fraction of sp³-hybridized carbons (Fsp3) is 0.667. The lowest BCUT2D eigenvalue weighted by molar-refractivity contribution is -0.119. The van der Waals surface area contributed by atoms with Crippen molar-refractivity contribution in [2.75, 3.05) is 13.1 Å². The zero-order valence-corrected chi connectivity index (χ0v) is 5.80. The highest BCUT2D eigenvalue weighted by Crippen LogP contribution is 1.79. The van der Waals surface area contributed by atoms with Crippen LogP contribution in [0.25, 0.3) is 0 Å². The predicted molar refractivity (Wildman–Crippen MR) is 37.4 cm³/mol. The SMILES string of the molecule is NCC(=O)NCCCC=O. The molecule has 0 spiro atoms. The first kappa shape index (κ1) is 9.10. The van der Waals surface area contributed by atoms with Crippen LogP contribution in [-0.2, 0) is 9.59 Å². The molecule has 10 heavy (non-hydrogen) atoms. The summed E-state index contributed by atoms with van der Waals surface area (Å²) in [4.78, 5) is 20.2. The average Bonchev–Trinajstić information content (AvgIpc) is 1.98. The van der Waals surface area contributed by atoms with Gasteiger partial charge in [-0.15, -0.1) is 0 Å². The maximum Gasteiger partial charge on any atom is 0.233 e. The molecule has 0 aliphatic heterocycles. The van der Waals surface area contributed by atoms with Crippen LogP contribution in [0.3, 0.4) is 0 Å². The van der Waals surface area contributed by atoms with Crippen LogP contribution in [0.2, 0.25) is 0 Å². The summed E-state index contributed by atoms with van der Waals surface area (Å²) in [6, 6.07) is 0. The molecular formula is C6H12N2O2. The molecule has 0 aliphatic rings. The third-order valence-corrected chi connectivity index (χ3v) is 1.01. The normalized spacial score (nSPS) is 8.90. The summed E-state index contributed by atoms with van der Waals surface area (Å²) in [6.45, 7) is 0.551. The van der Waals surface area contributed by atoms with E-state index in [9.17, 15) is 9.59 Å². The topological polar surface area (TPSA) is 72.2 Å². The summed E-state index contributed by atoms with van der Waals surface area (Å²) >= 11 is 0. The molecule has 0 aromatic heterocycles. The van der Waals surface area contributed by atoms with Crippen LogP contribution in [0, 0.1) is 0 Å². The number of carbonyl (C=O) groups excluding carboxylic acids is 2. The van der Waals surface area contributed by atoms with E-state index < -0.39 is 0 Å². The fourth-order valence-corrected chi connectivity index (χ4v) is 0.485. The largest absolute Gasteiger partial charge is 0.355 e. The summed E-state index contributed by atoms with van der Waals surface area (Å²) in [5.74, 6) is -0.175. The minimum atomic E-state index is -0.175. The molecule has 4 nitrogen and oxygen atoms in total. The Morgan fingerprint density at radius 3 is 2.80 bits per heavy atom. The lowest BCUT2D eigenvalue weighted by atomic mass is 10.3. The Hall–Kier alpha value is -0.900.